The van der Waals surface area contributed by atoms with Crippen LogP contribution in [-0.2, 0) is 20.1 Å². The van der Waals surface area contributed by atoms with E-state index in [1.807, 2.05) is 12.1 Å². The van der Waals surface area contributed by atoms with Crippen LogP contribution in [0.25, 0.3) is 38.6 Å². The molecule has 26 heavy (non-hydrogen) atoms. The molecule has 0 unspecified atom stereocenters. The van der Waals surface area contributed by atoms with Crippen LogP contribution in [0.15, 0.2) is 66.9 Å². The van der Waals surface area contributed by atoms with Crippen LogP contribution in [0.1, 0.15) is 11.1 Å². The Hall–Kier alpha value is -2.48. The van der Waals surface area contributed by atoms with Crippen molar-refractivity contribution in [3.05, 3.63) is 84.1 Å². The fraction of sp³-hybridized carbons (Fsp3) is 0.0870. The zero-order valence-electron chi connectivity index (χ0n) is 14.6. The van der Waals surface area contributed by atoms with Crippen molar-refractivity contribution in [1.29, 1.82) is 0 Å². The summed E-state index contributed by atoms with van der Waals surface area (Å²) in [6.07, 6.45) is 2.15. The van der Waals surface area contributed by atoms with Crippen molar-refractivity contribution in [1.82, 2.24) is 9.38 Å². The summed E-state index contributed by atoms with van der Waals surface area (Å²) in [7, 11) is 0. The molecule has 2 heterocycles. The fourth-order valence-corrected chi connectivity index (χ4v) is 3.81. The number of benzene rings is 3. The van der Waals surface area contributed by atoms with E-state index in [0.717, 1.165) is 22.3 Å². The quantitative estimate of drug-likeness (QED) is 0.207. The number of imidazole rings is 1. The number of rotatable bonds is 1. The van der Waals surface area contributed by atoms with E-state index in [0.29, 0.717) is 0 Å². The molecule has 129 valence electrons. The molecule has 0 bridgehead atoms. The van der Waals surface area contributed by atoms with Crippen molar-refractivity contribution in [2.45, 2.75) is 13.8 Å². The van der Waals surface area contributed by atoms with Crippen LogP contribution < -0.4 is 0 Å². The molecule has 0 spiro atoms. The van der Waals surface area contributed by atoms with Crippen LogP contribution in [-0.4, -0.2) is 9.38 Å². The monoisotopic (exact) mass is 514 g/mol. The molecule has 0 aliphatic heterocycles. The summed E-state index contributed by atoms with van der Waals surface area (Å²) in [4.78, 5) is 4.96. The molecular weight excluding hydrogens is 496 g/mol. The SMILES string of the molecule is Cc1cc(C)c2c(c1)c1ccc[c-]c1c1nc(-c3ccccc3)cn12.[Ir]. The molecule has 0 amide bonds. The molecule has 0 aliphatic rings. The van der Waals surface area contributed by atoms with Gasteiger partial charge < -0.3 is 4.40 Å². The van der Waals surface area contributed by atoms with Gasteiger partial charge in [0.05, 0.1) is 11.3 Å². The summed E-state index contributed by atoms with van der Waals surface area (Å²) >= 11 is 0. The van der Waals surface area contributed by atoms with Gasteiger partial charge in [-0.15, -0.1) is 29.7 Å². The van der Waals surface area contributed by atoms with Gasteiger partial charge in [-0.05, 0) is 24.8 Å². The molecule has 2 aromatic heterocycles. The zero-order valence-corrected chi connectivity index (χ0v) is 17.0. The first-order valence-electron chi connectivity index (χ1n) is 8.50. The van der Waals surface area contributed by atoms with E-state index in [2.05, 4.69) is 79.0 Å². The molecule has 0 saturated carbocycles. The van der Waals surface area contributed by atoms with E-state index >= 15 is 0 Å². The second-order valence-electron chi connectivity index (χ2n) is 6.62. The van der Waals surface area contributed by atoms with Crippen LogP contribution >= 0.6 is 0 Å². The van der Waals surface area contributed by atoms with Gasteiger partial charge in [0, 0.05) is 37.4 Å². The maximum atomic E-state index is 4.96. The van der Waals surface area contributed by atoms with Crippen molar-refractivity contribution in [3.8, 4) is 11.3 Å². The Morgan fingerprint density at radius 2 is 1.73 bits per heavy atom. The molecule has 0 saturated heterocycles. The molecule has 2 nitrogen and oxygen atoms in total. The van der Waals surface area contributed by atoms with Gasteiger partial charge in [0.15, 0.2) is 0 Å². The third kappa shape index (κ3) is 2.47. The standard InChI is InChI=1S/C23H17N2.Ir/c1-15-12-16(2)22-20(13-15)18-10-6-7-11-19(18)23-24-21(14-25(22)23)17-8-4-3-5-9-17;/h3-10,12-14H,1-2H3;/q-1;. The third-order valence-corrected chi connectivity index (χ3v) is 4.83. The molecule has 0 fully saturated rings. The third-order valence-electron chi connectivity index (χ3n) is 4.83. The molecule has 0 aliphatic carbocycles. The van der Waals surface area contributed by atoms with E-state index in [4.69, 9.17) is 4.98 Å². The van der Waals surface area contributed by atoms with Gasteiger partial charge in [0.2, 0.25) is 0 Å². The van der Waals surface area contributed by atoms with Gasteiger partial charge in [0.1, 0.15) is 0 Å². The first-order chi connectivity index (χ1) is 12.2. The summed E-state index contributed by atoms with van der Waals surface area (Å²) in [6.45, 7) is 4.33. The van der Waals surface area contributed by atoms with Gasteiger partial charge in [-0.25, -0.2) is 0 Å². The average Bonchev–Trinajstić information content (AvgIpc) is 3.07. The number of fused-ring (bicyclic) bond motifs is 6. The van der Waals surface area contributed by atoms with Gasteiger partial charge in [-0.3, -0.25) is 4.98 Å². The first-order valence-corrected chi connectivity index (χ1v) is 8.50. The first kappa shape index (κ1) is 17.0. The smallest absolute Gasteiger partial charge is 0.0771 e. The summed E-state index contributed by atoms with van der Waals surface area (Å²) in [5.74, 6) is 0. The fourth-order valence-electron chi connectivity index (χ4n) is 3.81. The number of hydrogen-bond acceptors (Lipinski definition) is 1. The van der Waals surface area contributed by atoms with E-state index in [1.165, 1.54) is 27.4 Å². The zero-order chi connectivity index (χ0) is 17.0. The van der Waals surface area contributed by atoms with Crippen molar-refractivity contribution in [2.75, 3.05) is 0 Å². The second-order valence-corrected chi connectivity index (χ2v) is 6.62. The minimum absolute atomic E-state index is 0. The number of aryl methyl sites for hydroxylation is 2. The molecule has 3 heteroatoms. The second kappa shape index (κ2) is 6.35. The number of aromatic nitrogens is 2. The Balaban J connectivity index is 0.00000168. The normalized spacial score (nSPS) is 11.2. The Kier molecular flexibility index (Phi) is 4.14. The minimum Gasteiger partial charge on any atom is -0.339 e. The number of pyridine rings is 1. The van der Waals surface area contributed by atoms with Crippen LogP contribution in [0.3, 0.4) is 0 Å². The summed E-state index contributed by atoms with van der Waals surface area (Å²) in [5.41, 5.74) is 6.86. The average molecular weight is 514 g/mol. The maximum Gasteiger partial charge on any atom is 0.0771 e. The molecule has 1 radical (unpaired) electrons. The molecule has 5 aromatic rings. The number of hydrogen-bond donors (Lipinski definition) is 0. The van der Waals surface area contributed by atoms with E-state index in [1.54, 1.807) is 0 Å². The molecule has 3 aromatic carbocycles. The van der Waals surface area contributed by atoms with Crippen molar-refractivity contribution >= 4 is 27.3 Å². The maximum absolute atomic E-state index is 4.96. The Morgan fingerprint density at radius 1 is 0.923 bits per heavy atom. The number of nitrogens with zero attached hydrogens (tertiary/aromatic N) is 2. The Morgan fingerprint density at radius 3 is 2.54 bits per heavy atom. The van der Waals surface area contributed by atoms with Crippen LogP contribution in [0.5, 0.6) is 0 Å². The summed E-state index contributed by atoms with van der Waals surface area (Å²) < 4.78 is 2.23. The van der Waals surface area contributed by atoms with Crippen LogP contribution in [0.4, 0.5) is 0 Å². The topological polar surface area (TPSA) is 17.3 Å². The van der Waals surface area contributed by atoms with E-state index < -0.39 is 0 Å². The minimum atomic E-state index is 0. The Labute approximate surface area is 165 Å². The van der Waals surface area contributed by atoms with Gasteiger partial charge in [-0.1, -0.05) is 53.4 Å². The predicted molar refractivity (Wildman–Crippen MR) is 104 cm³/mol. The van der Waals surface area contributed by atoms with Crippen molar-refractivity contribution in [3.63, 3.8) is 0 Å². The van der Waals surface area contributed by atoms with Gasteiger partial charge >= 0.3 is 0 Å². The Bertz CT molecular complexity index is 1250. The largest absolute Gasteiger partial charge is 0.339 e. The summed E-state index contributed by atoms with van der Waals surface area (Å²) in [6, 6.07) is 24.4. The van der Waals surface area contributed by atoms with Crippen LogP contribution in [0, 0.1) is 19.9 Å². The van der Waals surface area contributed by atoms with Gasteiger partial charge in [0.25, 0.3) is 0 Å². The predicted octanol–water partition coefficient (Wildman–Crippen LogP) is 5.72. The summed E-state index contributed by atoms with van der Waals surface area (Å²) in [5, 5.41) is 3.54. The molecule has 5 rings (SSSR count). The van der Waals surface area contributed by atoms with E-state index in [-0.39, 0.29) is 20.1 Å². The molecular formula is C23H17IrN2-. The molecule has 0 atom stereocenters. The molecule has 0 N–H and O–H groups in total. The van der Waals surface area contributed by atoms with Crippen molar-refractivity contribution in [2.24, 2.45) is 0 Å². The van der Waals surface area contributed by atoms with E-state index in [9.17, 15) is 0 Å². The van der Waals surface area contributed by atoms with Gasteiger partial charge in [-0.2, -0.15) is 0 Å². The van der Waals surface area contributed by atoms with Crippen molar-refractivity contribution < 1.29 is 20.1 Å². The van der Waals surface area contributed by atoms with Crippen LogP contribution in [0.2, 0.25) is 0 Å².